The number of carbonyl (C=O) groups excluding carboxylic acids is 1. The molecule has 1 aliphatic rings. The van der Waals surface area contributed by atoms with Gasteiger partial charge in [0.15, 0.2) is 5.69 Å². The molecule has 0 bridgehead atoms. The Balaban J connectivity index is 2.13. The predicted molar refractivity (Wildman–Crippen MR) is 67.7 cm³/mol. The molecule has 1 aromatic rings. The average molecular weight is 287 g/mol. The molecule has 0 aliphatic carbocycles. The molecular weight excluding hydrogens is 270 g/mol. The molecule has 2 rings (SSSR count). The first-order chi connectivity index (χ1) is 8.88. The minimum atomic E-state index is -3.22. The monoisotopic (exact) mass is 287 g/mol. The van der Waals surface area contributed by atoms with Gasteiger partial charge in [-0.1, -0.05) is 11.6 Å². The van der Waals surface area contributed by atoms with Crippen LogP contribution in [0.4, 0.5) is 0 Å². The van der Waals surface area contributed by atoms with Crippen LogP contribution in [-0.2, 0) is 16.6 Å². The van der Waals surface area contributed by atoms with Crippen LogP contribution in [0.5, 0.6) is 0 Å². The molecule has 1 unspecified atom stereocenters. The molecule has 9 heteroatoms. The second kappa shape index (κ2) is 5.25. The molecule has 2 heterocycles. The van der Waals surface area contributed by atoms with Gasteiger partial charge in [0.25, 0.3) is 5.91 Å². The summed E-state index contributed by atoms with van der Waals surface area (Å²) in [6.45, 7) is 0.911. The highest BCUT2D eigenvalue weighted by Gasteiger charge is 2.29. The van der Waals surface area contributed by atoms with Crippen LogP contribution in [0, 0.1) is 0 Å². The molecule has 1 atom stereocenters. The maximum Gasteiger partial charge on any atom is 0.270 e. The highest BCUT2D eigenvalue weighted by Crippen LogP contribution is 2.20. The fourth-order valence-electron chi connectivity index (χ4n) is 2.31. The first-order valence-electron chi connectivity index (χ1n) is 6.04. The van der Waals surface area contributed by atoms with Crippen molar-refractivity contribution in [1.82, 2.24) is 19.3 Å². The van der Waals surface area contributed by atoms with Crippen molar-refractivity contribution in [2.24, 2.45) is 5.73 Å². The Hall–Kier alpha value is -1.48. The van der Waals surface area contributed by atoms with E-state index in [2.05, 4.69) is 10.3 Å². The standard InChI is InChI=1S/C10H17N5O3S/c1-19(17,18)15-5-3-2-4-8(15)6-14-7-9(10(11)16)12-13-14/h7-8H,2-6H2,1H3,(H2,11,16). The van der Waals surface area contributed by atoms with Crippen LogP contribution in [0.2, 0.25) is 0 Å². The van der Waals surface area contributed by atoms with Crippen molar-refractivity contribution in [1.29, 1.82) is 0 Å². The predicted octanol–water partition coefficient (Wildman–Crippen LogP) is -0.809. The lowest BCUT2D eigenvalue weighted by molar-refractivity contribution is 0.0995. The summed E-state index contributed by atoms with van der Waals surface area (Å²) in [5, 5.41) is 7.43. The molecule has 0 spiro atoms. The molecule has 0 saturated carbocycles. The summed E-state index contributed by atoms with van der Waals surface area (Å²) in [4.78, 5) is 10.9. The molecule has 1 aromatic heterocycles. The molecule has 106 valence electrons. The lowest BCUT2D eigenvalue weighted by atomic mass is 10.1. The zero-order valence-corrected chi connectivity index (χ0v) is 11.5. The Morgan fingerprint density at radius 3 is 2.84 bits per heavy atom. The summed E-state index contributed by atoms with van der Waals surface area (Å²) in [5.74, 6) is -0.644. The third-order valence-corrected chi connectivity index (χ3v) is 4.52. The van der Waals surface area contributed by atoms with E-state index in [1.165, 1.54) is 21.4 Å². The van der Waals surface area contributed by atoms with Crippen LogP contribution in [0.25, 0.3) is 0 Å². The minimum Gasteiger partial charge on any atom is -0.364 e. The molecule has 19 heavy (non-hydrogen) atoms. The average Bonchev–Trinajstić information content (AvgIpc) is 2.77. The summed E-state index contributed by atoms with van der Waals surface area (Å²) in [5.41, 5.74) is 5.18. The van der Waals surface area contributed by atoms with E-state index < -0.39 is 15.9 Å². The van der Waals surface area contributed by atoms with Crippen LogP contribution >= 0.6 is 0 Å². The van der Waals surface area contributed by atoms with Gasteiger partial charge in [-0.2, -0.15) is 4.31 Å². The first-order valence-corrected chi connectivity index (χ1v) is 7.89. The Kier molecular flexibility index (Phi) is 3.85. The number of hydrogen-bond acceptors (Lipinski definition) is 5. The molecular formula is C10H17N5O3S. The van der Waals surface area contributed by atoms with Gasteiger partial charge in [0.1, 0.15) is 0 Å². The van der Waals surface area contributed by atoms with E-state index in [1.54, 1.807) is 0 Å². The number of piperidine rings is 1. The quantitative estimate of drug-likeness (QED) is 0.778. The van der Waals surface area contributed by atoms with E-state index in [0.717, 1.165) is 19.3 Å². The van der Waals surface area contributed by atoms with Crippen LogP contribution in [0.1, 0.15) is 29.8 Å². The third kappa shape index (κ3) is 3.29. The van der Waals surface area contributed by atoms with E-state index in [0.29, 0.717) is 13.1 Å². The van der Waals surface area contributed by atoms with Gasteiger partial charge in [0.2, 0.25) is 10.0 Å². The summed E-state index contributed by atoms with van der Waals surface area (Å²) >= 11 is 0. The first kappa shape index (κ1) is 13.9. The number of primary amides is 1. The highest BCUT2D eigenvalue weighted by molar-refractivity contribution is 7.88. The van der Waals surface area contributed by atoms with E-state index in [4.69, 9.17) is 5.73 Å². The Labute approximate surface area is 111 Å². The van der Waals surface area contributed by atoms with E-state index >= 15 is 0 Å². The highest BCUT2D eigenvalue weighted by atomic mass is 32.2. The number of nitrogens with two attached hydrogens (primary N) is 1. The summed E-state index contributed by atoms with van der Waals surface area (Å²) < 4.78 is 26.4. The fourth-order valence-corrected chi connectivity index (χ4v) is 3.48. The normalized spacial score (nSPS) is 21.4. The van der Waals surface area contributed by atoms with Crippen molar-refractivity contribution in [3.63, 3.8) is 0 Å². The maximum absolute atomic E-state index is 11.7. The molecule has 1 saturated heterocycles. The van der Waals surface area contributed by atoms with E-state index in [1.807, 2.05) is 0 Å². The molecule has 8 nitrogen and oxygen atoms in total. The molecule has 1 amide bonds. The minimum absolute atomic E-state index is 0.0849. The van der Waals surface area contributed by atoms with Crippen molar-refractivity contribution in [2.75, 3.05) is 12.8 Å². The SMILES string of the molecule is CS(=O)(=O)N1CCCCC1Cn1cc(C(N)=O)nn1. The van der Waals surface area contributed by atoms with Crippen molar-refractivity contribution in [2.45, 2.75) is 31.8 Å². The second-order valence-electron chi connectivity index (χ2n) is 4.71. The van der Waals surface area contributed by atoms with Gasteiger partial charge < -0.3 is 5.73 Å². The van der Waals surface area contributed by atoms with Crippen molar-refractivity contribution < 1.29 is 13.2 Å². The van der Waals surface area contributed by atoms with Gasteiger partial charge in [-0.15, -0.1) is 5.10 Å². The van der Waals surface area contributed by atoms with Crippen LogP contribution < -0.4 is 5.73 Å². The number of amides is 1. The van der Waals surface area contributed by atoms with Gasteiger partial charge in [-0.05, 0) is 12.8 Å². The van der Waals surface area contributed by atoms with Gasteiger partial charge in [0.05, 0.1) is 19.0 Å². The number of rotatable bonds is 4. The number of hydrogen-bond donors (Lipinski definition) is 1. The van der Waals surface area contributed by atoms with Crippen molar-refractivity contribution in [3.05, 3.63) is 11.9 Å². The van der Waals surface area contributed by atoms with E-state index in [9.17, 15) is 13.2 Å². The zero-order valence-electron chi connectivity index (χ0n) is 10.7. The van der Waals surface area contributed by atoms with Crippen LogP contribution in [-0.4, -0.2) is 52.5 Å². The van der Waals surface area contributed by atoms with Crippen molar-refractivity contribution in [3.8, 4) is 0 Å². The van der Waals surface area contributed by atoms with Gasteiger partial charge in [-0.25, -0.2) is 8.42 Å². The van der Waals surface area contributed by atoms with Gasteiger partial charge in [0, 0.05) is 12.6 Å². The van der Waals surface area contributed by atoms with Gasteiger partial charge in [-0.3, -0.25) is 9.48 Å². The number of nitrogens with zero attached hydrogens (tertiary/aromatic N) is 4. The van der Waals surface area contributed by atoms with Crippen molar-refractivity contribution >= 4 is 15.9 Å². The third-order valence-electron chi connectivity index (χ3n) is 3.19. The number of sulfonamides is 1. The lowest BCUT2D eigenvalue weighted by Gasteiger charge is -2.33. The number of carbonyl (C=O) groups is 1. The largest absolute Gasteiger partial charge is 0.364 e. The topological polar surface area (TPSA) is 111 Å². The second-order valence-corrected chi connectivity index (χ2v) is 6.65. The summed E-state index contributed by atoms with van der Waals surface area (Å²) in [6, 6.07) is -0.147. The summed E-state index contributed by atoms with van der Waals surface area (Å²) in [7, 11) is -3.22. The zero-order chi connectivity index (χ0) is 14.0. The lowest BCUT2D eigenvalue weighted by Crippen LogP contribution is -2.45. The van der Waals surface area contributed by atoms with Crippen LogP contribution in [0.15, 0.2) is 6.20 Å². The molecule has 2 N–H and O–H groups in total. The number of aromatic nitrogens is 3. The van der Waals surface area contributed by atoms with Crippen LogP contribution in [0.3, 0.4) is 0 Å². The molecule has 1 aliphatic heterocycles. The fraction of sp³-hybridized carbons (Fsp3) is 0.700. The summed E-state index contributed by atoms with van der Waals surface area (Å²) in [6.07, 6.45) is 5.28. The Morgan fingerprint density at radius 1 is 1.53 bits per heavy atom. The van der Waals surface area contributed by atoms with Gasteiger partial charge >= 0.3 is 0 Å². The molecule has 0 radical (unpaired) electrons. The smallest absolute Gasteiger partial charge is 0.270 e. The Bertz CT molecular complexity index is 567. The molecule has 0 aromatic carbocycles. The maximum atomic E-state index is 11.7. The van der Waals surface area contributed by atoms with E-state index in [-0.39, 0.29) is 11.7 Å². The molecule has 1 fully saturated rings. The Morgan fingerprint density at radius 2 is 2.26 bits per heavy atom.